The molecule has 0 spiro atoms. The number of aromatic hydroxyl groups is 1. The van der Waals surface area contributed by atoms with Gasteiger partial charge in [0.05, 0.1) is 12.7 Å². The van der Waals surface area contributed by atoms with Gasteiger partial charge in [-0.05, 0) is 23.8 Å². The molecule has 0 aliphatic rings. The molecule has 0 unspecified atom stereocenters. The van der Waals surface area contributed by atoms with Crippen molar-refractivity contribution < 1.29 is 14.6 Å². The number of phenols is 1. The molecule has 0 aromatic heterocycles. The third-order valence-corrected chi connectivity index (χ3v) is 3.25. The third-order valence-electron chi connectivity index (χ3n) is 3.25. The summed E-state index contributed by atoms with van der Waals surface area (Å²) in [6.07, 6.45) is 0. The smallest absolute Gasteiger partial charge is 0.340 e. The van der Waals surface area contributed by atoms with Crippen molar-refractivity contribution in [2.24, 2.45) is 0 Å². The number of hydrogen-bond acceptors (Lipinski definition) is 5. The molecular formula is C16H18N2O3. The fourth-order valence-corrected chi connectivity index (χ4v) is 2.18. The average molecular weight is 286 g/mol. The van der Waals surface area contributed by atoms with Gasteiger partial charge in [-0.2, -0.15) is 0 Å². The quantitative estimate of drug-likeness (QED) is 0.666. The standard InChI is InChI=1S/C16H18N2O3/c1-18(12-6-4-7-13(19)9-12)10-11-5-3-8-14(17)15(11)16(20)21-2/h3-9,19H,10,17H2,1-2H3. The molecule has 0 bridgehead atoms. The number of phenolic OH excluding ortho intramolecular Hbond substituents is 1. The maximum absolute atomic E-state index is 11.9. The van der Waals surface area contributed by atoms with E-state index in [1.54, 1.807) is 30.3 Å². The minimum absolute atomic E-state index is 0.195. The molecule has 2 rings (SSSR count). The van der Waals surface area contributed by atoms with Gasteiger partial charge in [0.1, 0.15) is 5.75 Å². The Morgan fingerprint density at radius 3 is 2.67 bits per heavy atom. The minimum Gasteiger partial charge on any atom is -0.508 e. The summed E-state index contributed by atoms with van der Waals surface area (Å²) in [7, 11) is 3.20. The Kier molecular flexibility index (Phi) is 4.33. The molecular weight excluding hydrogens is 268 g/mol. The number of carbonyl (C=O) groups excluding carboxylic acids is 1. The lowest BCUT2D eigenvalue weighted by Crippen LogP contribution is -2.19. The number of nitrogens with zero attached hydrogens (tertiary/aromatic N) is 1. The molecule has 0 amide bonds. The number of methoxy groups -OCH3 is 1. The van der Waals surface area contributed by atoms with Crippen LogP contribution in [0.4, 0.5) is 11.4 Å². The van der Waals surface area contributed by atoms with Crippen LogP contribution < -0.4 is 10.6 Å². The van der Waals surface area contributed by atoms with E-state index in [2.05, 4.69) is 0 Å². The zero-order valence-corrected chi connectivity index (χ0v) is 12.0. The van der Waals surface area contributed by atoms with E-state index < -0.39 is 5.97 Å². The van der Waals surface area contributed by atoms with Gasteiger partial charge in [0, 0.05) is 31.0 Å². The van der Waals surface area contributed by atoms with Crippen LogP contribution in [0.15, 0.2) is 42.5 Å². The van der Waals surface area contributed by atoms with Gasteiger partial charge in [0.15, 0.2) is 0 Å². The molecule has 5 nitrogen and oxygen atoms in total. The summed E-state index contributed by atoms with van der Waals surface area (Å²) >= 11 is 0. The van der Waals surface area contributed by atoms with Crippen molar-refractivity contribution in [3.8, 4) is 5.75 Å². The SMILES string of the molecule is COC(=O)c1c(N)cccc1CN(C)c1cccc(O)c1. The molecule has 0 aliphatic carbocycles. The summed E-state index contributed by atoms with van der Waals surface area (Å²) in [6, 6.07) is 12.2. The predicted octanol–water partition coefficient (Wildman–Crippen LogP) is 2.40. The summed E-state index contributed by atoms with van der Waals surface area (Å²) in [6.45, 7) is 0.471. The number of hydrogen-bond donors (Lipinski definition) is 2. The number of nitrogen functional groups attached to an aromatic ring is 1. The van der Waals surface area contributed by atoms with Gasteiger partial charge >= 0.3 is 5.97 Å². The Balaban J connectivity index is 2.31. The fraction of sp³-hybridized carbons (Fsp3) is 0.188. The first-order valence-corrected chi connectivity index (χ1v) is 6.48. The Bertz CT molecular complexity index is 656. The highest BCUT2D eigenvalue weighted by Gasteiger charge is 2.16. The van der Waals surface area contributed by atoms with Crippen LogP contribution in [0, 0.1) is 0 Å². The predicted molar refractivity (Wildman–Crippen MR) is 82.4 cm³/mol. The highest BCUT2D eigenvalue weighted by molar-refractivity contribution is 5.96. The van der Waals surface area contributed by atoms with E-state index in [4.69, 9.17) is 10.5 Å². The zero-order chi connectivity index (χ0) is 15.4. The first kappa shape index (κ1) is 14.7. The second-order valence-corrected chi connectivity index (χ2v) is 4.75. The van der Waals surface area contributed by atoms with Crippen molar-refractivity contribution in [2.75, 3.05) is 24.8 Å². The number of benzene rings is 2. The Morgan fingerprint density at radius 1 is 1.29 bits per heavy atom. The molecule has 110 valence electrons. The molecule has 0 saturated carbocycles. The van der Waals surface area contributed by atoms with Crippen LogP contribution in [0.3, 0.4) is 0 Å². The van der Waals surface area contributed by atoms with Crippen molar-refractivity contribution in [2.45, 2.75) is 6.54 Å². The molecule has 0 saturated heterocycles. The Hall–Kier alpha value is -2.69. The van der Waals surface area contributed by atoms with Crippen LogP contribution in [0.25, 0.3) is 0 Å². The topological polar surface area (TPSA) is 75.8 Å². The average Bonchev–Trinajstić information content (AvgIpc) is 2.46. The molecule has 0 fully saturated rings. The number of nitrogens with two attached hydrogens (primary N) is 1. The van der Waals surface area contributed by atoms with Crippen molar-refractivity contribution in [1.29, 1.82) is 0 Å². The van der Waals surface area contributed by atoms with E-state index in [0.717, 1.165) is 11.3 Å². The molecule has 0 heterocycles. The lowest BCUT2D eigenvalue weighted by molar-refractivity contribution is 0.0600. The highest BCUT2D eigenvalue weighted by atomic mass is 16.5. The van der Waals surface area contributed by atoms with Crippen LogP contribution in [0.1, 0.15) is 15.9 Å². The van der Waals surface area contributed by atoms with E-state index in [1.165, 1.54) is 7.11 Å². The van der Waals surface area contributed by atoms with Gasteiger partial charge in [0.25, 0.3) is 0 Å². The monoisotopic (exact) mass is 286 g/mol. The van der Waals surface area contributed by atoms with Gasteiger partial charge < -0.3 is 20.5 Å². The summed E-state index contributed by atoms with van der Waals surface area (Å²) in [5.41, 5.74) is 8.26. The molecule has 3 N–H and O–H groups in total. The molecule has 2 aromatic rings. The molecule has 2 aromatic carbocycles. The summed E-state index contributed by atoms with van der Waals surface area (Å²) in [5, 5.41) is 9.53. The normalized spacial score (nSPS) is 10.2. The number of carbonyl (C=O) groups is 1. The number of anilines is 2. The Labute approximate surface area is 123 Å². The summed E-state index contributed by atoms with van der Waals surface area (Å²) in [4.78, 5) is 13.8. The molecule has 0 aliphatic heterocycles. The lowest BCUT2D eigenvalue weighted by atomic mass is 10.0. The van der Waals surface area contributed by atoms with Gasteiger partial charge in [0.2, 0.25) is 0 Å². The van der Waals surface area contributed by atoms with E-state index in [-0.39, 0.29) is 5.75 Å². The van der Waals surface area contributed by atoms with Crippen LogP contribution >= 0.6 is 0 Å². The maximum atomic E-state index is 11.9. The van der Waals surface area contributed by atoms with E-state index in [1.807, 2.05) is 24.1 Å². The van der Waals surface area contributed by atoms with Crippen LogP contribution in [-0.2, 0) is 11.3 Å². The molecule has 5 heteroatoms. The lowest BCUT2D eigenvalue weighted by Gasteiger charge is -2.21. The second kappa shape index (κ2) is 6.17. The second-order valence-electron chi connectivity index (χ2n) is 4.75. The van der Waals surface area contributed by atoms with Crippen molar-refractivity contribution >= 4 is 17.3 Å². The van der Waals surface area contributed by atoms with Crippen LogP contribution in [0.5, 0.6) is 5.75 Å². The largest absolute Gasteiger partial charge is 0.508 e. The van der Waals surface area contributed by atoms with E-state index >= 15 is 0 Å². The first-order valence-electron chi connectivity index (χ1n) is 6.48. The van der Waals surface area contributed by atoms with Crippen LogP contribution in [-0.4, -0.2) is 25.2 Å². The van der Waals surface area contributed by atoms with Crippen molar-refractivity contribution in [3.05, 3.63) is 53.6 Å². The van der Waals surface area contributed by atoms with Crippen LogP contribution in [0.2, 0.25) is 0 Å². The van der Waals surface area contributed by atoms with Crippen molar-refractivity contribution in [1.82, 2.24) is 0 Å². The minimum atomic E-state index is -0.451. The summed E-state index contributed by atoms with van der Waals surface area (Å²) < 4.78 is 4.79. The van der Waals surface area contributed by atoms with Gasteiger partial charge in [-0.1, -0.05) is 18.2 Å². The maximum Gasteiger partial charge on any atom is 0.340 e. The summed E-state index contributed by atoms with van der Waals surface area (Å²) in [5.74, 6) is -0.257. The van der Waals surface area contributed by atoms with Gasteiger partial charge in [-0.25, -0.2) is 4.79 Å². The van der Waals surface area contributed by atoms with Crippen molar-refractivity contribution in [3.63, 3.8) is 0 Å². The highest BCUT2D eigenvalue weighted by Crippen LogP contribution is 2.24. The third kappa shape index (κ3) is 3.25. The molecule has 21 heavy (non-hydrogen) atoms. The Morgan fingerprint density at radius 2 is 2.00 bits per heavy atom. The van der Waals surface area contributed by atoms with Gasteiger partial charge in [-0.3, -0.25) is 0 Å². The molecule has 0 atom stereocenters. The van der Waals surface area contributed by atoms with Gasteiger partial charge in [-0.15, -0.1) is 0 Å². The first-order chi connectivity index (χ1) is 10.0. The number of esters is 1. The zero-order valence-electron chi connectivity index (χ0n) is 12.0. The number of ether oxygens (including phenoxy) is 1. The number of rotatable bonds is 4. The molecule has 0 radical (unpaired) electrons. The van der Waals surface area contributed by atoms with E-state index in [0.29, 0.717) is 17.8 Å². The van der Waals surface area contributed by atoms with E-state index in [9.17, 15) is 9.90 Å². The fourth-order valence-electron chi connectivity index (χ4n) is 2.18.